The zero-order chi connectivity index (χ0) is 35.6. The normalized spacial score (nSPS) is 14.3. The Morgan fingerprint density at radius 3 is 1.28 bits per heavy atom. The van der Waals surface area contributed by atoms with E-state index in [9.17, 15) is 0 Å². The smallest absolute Gasteiger partial charge is 0.164 e. The molecule has 4 nitrogen and oxygen atoms in total. The summed E-state index contributed by atoms with van der Waals surface area (Å²) in [7, 11) is 0. The van der Waals surface area contributed by atoms with Crippen molar-refractivity contribution in [3.05, 3.63) is 209 Å². The Labute approximate surface area is 309 Å². The van der Waals surface area contributed by atoms with Gasteiger partial charge in [-0.1, -0.05) is 172 Å². The molecular formula is C49H35N3O. The fraction of sp³-hybridized carbons (Fsp3) is 0.0816. The first-order chi connectivity index (χ1) is 26.0. The van der Waals surface area contributed by atoms with E-state index in [1.165, 1.54) is 22.3 Å². The number of fused-ring (bicyclic) bond motifs is 8. The summed E-state index contributed by atoms with van der Waals surface area (Å²) in [6.07, 6.45) is 0. The molecule has 252 valence electrons. The summed E-state index contributed by atoms with van der Waals surface area (Å²) in [4.78, 5) is 14.8. The third kappa shape index (κ3) is 4.79. The van der Waals surface area contributed by atoms with Gasteiger partial charge in [-0.15, -0.1) is 0 Å². The van der Waals surface area contributed by atoms with Crippen LogP contribution in [0.15, 0.2) is 176 Å². The number of ether oxygens (including phenoxy) is 1. The van der Waals surface area contributed by atoms with E-state index in [0.29, 0.717) is 17.5 Å². The zero-order valence-electron chi connectivity index (χ0n) is 29.5. The molecule has 0 saturated carbocycles. The average molecular weight is 682 g/mol. The molecule has 1 aromatic heterocycles. The second-order valence-corrected chi connectivity index (χ2v) is 14.4. The number of nitrogens with zero attached hydrogens (tertiary/aromatic N) is 3. The van der Waals surface area contributed by atoms with Crippen LogP contribution in [0.25, 0.3) is 45.3 Å². The molecule has 0 saturated heterocycles. The van der Waals surface area contributed by atoms with Crippen molar-refractivity contribution in [3.8, 4) is 56.8 Å². The Kier molecular flexibility index (Phi) is 7.02. The van der Waals surface area contributed by atoms with Crippen LogP contribution in [0.5, 0.6) is 11.5 Å². The van der Waals surface area contributed by atoms with Crippen LogP contribution in [0.3, 0.4) is 0 Å². The topological polar surface area (TPSA) is 47.9 Å². The van der Waals surface area contributed by atoms with Gasteiger partial charge < -0.3 is 4.74 Å². The summed E-state index contributed by atoms with van der Waals surface area (Å²) in [5.41, 5.74) is 11.9. The molecule has 0 atom stereocenters. The molecule has 1 spiro atoms. The molecule has 1 aliphatic carbocycles. The van der Waals surface area contributed by atoms with E-state index in [0.717, 1.165) is 50.4 Å². The fourth-order valence-corrected chi connectivity index (χ4v) is 8.55. The summed E-state index contributed by atoms with van der Waals surface area (Å²) < 4.78 is 6.61. The molecule has 0 unspecified atom stereocenters. The lowest BCUT2D eigenvalue weighted by Gasteiger charge is -2.50. The van der Waals surface area contributed by atoms with Gasteiger partial charge in [0.1, 0.15) is 11.5 Å². The molecule has 0 bridgehead atoms. The van der Waals surface area contributed by atoms with Crippen molar-refractivity contribution in [1.82, 2.24) is 15.0 Å². The molecule has 1 aliphatic heterocycles. The highest BCUT2D eigenvalue weighted by molar-refractivity contribution is 5.79. The van der Waals surface area contributed by atoms with Crippen molar-refractivity contribution in [2.45, 2.75) is 24.7 Å². The van der Waals surface area contributed by atoms with E-state index in [2.05, 4.69) is 129 Å². The molecule has 2 heterocycles. The molecule has 7 aromatic carbocycles. The highest BCUT2D eigenvalue weighted by atomic mass is 16.5. The maximum atomic E-state index is 6.61. The van der Waals surface area contributed by atoms with Gasteiger partial charge in [-0.25, -0.2) is 15.0 Å². The Hall–Kier alpha value is -6.65. The standard InChI is InChI=1S/C49H35N3O/c1-48(2)37-19-9-10-20-39(37)49(40-21-11-13-23-43(40)53-44-24-14-12-22-41(44)49)42-31-36(29-30-38(42)48)32-25-27-35(28-26-32)47-51-45(33-15-5-3-6-16-33)50-46(52-47)34-17-7-4-8-18-34/h3-31H,1-2H3. The Morgan fingerprint density at radius 2 is 0.736 bits per heavy atom. The first kappa shape index (κ1) is 31.1. The number of para-hydroxylation sites is 2. The van der Waals surface area contributed by atoms with Crippen LogP contribution in [0.1, 0.15) is 47.2 Å². The average Bonchev–Trinajstić information content (AvgIpc) is 3.23. The third-order valence-corrected chi connectivity index (χ3v) is 11.1. The maximum Gasteiger partial charge on any atom is 0.164 e. The Balaban J connectivity index is 1.14. The predicted octanol–water partition coefficient (Wildman–Crippen LogP) is 11.7. The van der Waals surface area contributed by atoms with Gasteiger partial charge in [-0.3, -0.25) is 0 Å². The van der Waals surface area contributed by atoms with E-state index < -0.39 is 5.41 Å². The first-order valence-electron chi connectivity index (χ1n) is 18.1. The molecule has 53 heavy (non-hydrogen) atoms. The summed E-state index contributed by atoms with van der Waals surface area (Å²) >= 11 is 0. The van der Waals surface area contributed by atoms with Gasteiger partial charge in [0.05, 0.1) is 5.41 Å². The van der Waals surface area contributed by atoms with Crippen LogP contribution >= 0.6 is 0 Å². The summed E-state index contributed by atoms with van der Waals surface area (Å²) in [5.74, 6) is 3.73. The van der Waals surface area contributed by atoms with Crippen molar-refractivity contribution < 1.29 is 4.74 Å². The molecule has 0 radical (unpaired) electrons. The minimum absolute atomic E-state index is 0.215. The first-order valence-corrected chi connectivity index (χ1v) is 18.1. The van der Waals surface area contributed by atoms with Crippen molar-refractivity contribution in [3.63, 3.8) is 0 Å². The van der Waals surface area contributed by atoms with Gasteiger partial charge in [-0.05, 0) is 51.6 Å². The van der Waals surface area contributed by atoms with E-state index in [4.69, 9.17) is 19.7 Å². The molecule has 0 N–H and O–H groups in total. The van der Waals surface area contributed by atoms with Crippen molar-refractivity contribution in [2.24, 2.45) is 0 Å². The molecule has 10 rings (SSSR count). The van der Waals surface area contributed by atoms with Crippen LogP contribution < -0.4 is 4.74 Å². The van der Waals surface area contributed by atoms with E-state index >= 15 is 0 Å². The van der Waals surface area contributed by atoms with Crippen molar-refractivity contribution >= 4 is 0 Å². The van der Waals surface area contributed by atoms with Crippen molar-refractivity contribution in [1.29, 1.82) is 0 Å². The molecule has 8 aromatic rings. The lowest BCUT2D eigenvalue weighted by atomic mass is 9.53. The lowest BCUT2D eigenvalue weighted by Crippen LogP contribution is -2.43. The van der Waals surface area contributed by atoms with Gasteiger partial charge in [0.15, 0.2) is 17.5 Å². The van der Waals surface area contributed by atoms with Crippen LogP contribution in [-0.2, 0) is 10.8 Å². The highest BCUT2D eigenvalue weighted by Crippen LogP contribution is 2.61. The van der Waals surface area contributed by atoms with Crippen molar-refractivity contribution in [2.75, 3.05) is 0 Å². The van der Waals surface area contributed by atoms with E-state index in [-0.39, 0.29) is 5.41 Å². The zero-order valence-corrected chi connectivity index (χ0v) is 29.5. The van der Waals surface area contributed by atoms with Gasteiger partial charge >= 0.3 is 0 Å². The molecule has 2 aliphatic rings. The van der Waals surface area contributed by atoms with Crippen LogP contribution in [-0.4, -0.2) is 15.0 Å². The van der Waals surface area contributed by atoms with Crippen LogP contribution in [0.4, 0.5) is 0 Å². The quantitative estimate of drug-likeness (QED) is 0.185. The fourth-order valence-electron chi connectivity index (χ4n) is 8.55. The lowest BCUT2D eigenvalue weighted by molar-refractivity contribution is 0.425. The predicted molar refractivity (Wildman–Crippen MR) is 212 cm³/mol. The number of hydrogen-bond acceptors (Lipinski definition) is 4. The molecule has 0 amide bonds. The summed E-state index contributed by atoms with van der Waals surface area (Å²) in [5, 5.41) is 0. The Bertz CT molecular complexity index is 2560. The van der Waals surface area contributed by atoms with Gasteiger partial charge in [0.25, 0.3) is 0 Å². The second kappa shape index (κ2) is 12.0. The molecular weight excluding hydrogens is 647 g/mol. The van der Waals surface area contributed by atoms with E-state index in [1.54, 1.807) is 0 Å². The number of hydrogen-bond donors (Lipinski definition) is 0. The SMILES string of the molecule is CC1(C)c2ccccc2C2(c3ccccc3Oc3ccccc32)c2cc(-c3ccc(-c4nc(-c5ccccc5)nc(-c5ccccc5)n4)cc3)ccc21. The highest BCUT2D eigenvalue weighted by Gasteiger charge is 2.52. The minimum atomic E-state index is -0.560. The largest absolute Gasteiger partial charge is 0.457 e. The number of benzene rings is 7. The van der Waals surface area contributed by atoms with E-state index in [1.807, 2.05) is 60.7 Å². The second-order valence-electron chi connectivity index (χ2n) is 14.4. The van der Waals surface area contributed by atoms with Gasteiger partial charge in [-0.2, -0.15) is 0 Å². The summed E-state index contributed by atoms with van der Waals surface area (Å²) in [6.45, 7) is 4.70. The molecule has 0 fully saturated rings. The van der Waals surface area contributed by atoms with Crippen LogP contribution in [0.2, 0.25) is 0 Å². The summed E-state index contributed by atoms with van der Waals surface area (Å²) in [6, 6.07) is 61.9. The van der Waals surface area contributed by atoms with Gasteiger partial charge in [0, 0.05) is 33.2 Å². The van der Waals surface area contributed by atoms with Crippen LogP contribution in [0, 0.1) is 0 Å². The monoisotopic (exact) mass is 681 g/mol. The maximum absolute atomic E-state index is 6.61. The molecule has 4 heteroatoms. The third-order valence-electron chi connectivity index (χ3n) is 11.1. The Morgan fingerprint density at radius 1 is 0.340 bits per heavy atom. The number of rotatable bonds is 4. The minimum Gasteiger partial charge on any atom is -0.457 e. The number of aromatic nitrogens is 3. The van der Waals surface area contributed by atoms with Gasteiger partial charge in [0.2, 0.25) is 0 Å².